The number of hydrogen-bond acceptors (Lipinski definition) is 3. The molecule has 5 rings (SSSR count). The fourth-order valence-corrected chi connectivity index (χ4v) is 9.27. The molecule has 0 unspecified atom stereocenters. The van der Waals surface area contributed by atoms with Gasteiger partial charge in [0.2, 0.25) is 0 Å². The molecule has 3 saturated carbocycles. The Bertz CT molecular complexity index is 676. The SMILES string of the molecule is C[C@H]([C@@H]1[C@H](O)C[C@@H]2[C@@H]3CC=C4C[C@@H](O)CC[C@]4(C)[C@H]3CC[C@]12C)[C@H]1CC[C@@H](C)N1. The quantitative estimate of drug-likeness (QED) is 0.589. The van der Waals surface area contributed by atoms with Gasteiger partial charge in [0.25, 0.3) is 0 Å². The van der Waals surface area contributed by atoms with E-state index >= 15 is 0 Å². The minimum Gasteiger partial charge on any atom is -0.393 e. The zero-order chi connectivity index (χ0) is 20.6. The van der Waals surface area contributed by atoms with Crippen LogP contribution >= 0.6 is 0 Å². The highest BCUT2D eigenvalue weighted by atomic mass is 16.3. The van der Waals surface area contributed by atoms with E-state index in [9.17, 15) is 10.2 Å². The third kappa shape index (κ3) is 3.01. The minimum absolute atomic E-state index is 0.125. The zero-order valence-corrected chi connectivity index (χ0v) is 19.0. The summed E-state index contributed by atoms with van der Waals surface area (Å²) in [5, 5.41) is 25.4. The van der Waals surface area contributed by atoms with Crippen LogP contribution in [0.3, 0.4) is 0 Å². The number of hydrogen-bond donors (Lipinski definition) is 3. The Labute approximate surface area is 177 Å². The molecule has 1 saturated heterocycles. The summed E-state index contributed by atoms with van der Waals surface area (Å²) in [7, 11) is 0. The highest BCUT2D eigenvalue weighted by molar-refractivity contribution is 5.25. The van der Waals surface area contributed by atoms with Crippen LogP contribution in [0.5, 0.6) is 0 Å². The third-order valence-corrected chi connectivity index (χ3v) is 10.8. The van der Waals surface area contributed by atoms with Crippen molar-refractivity contribution in [2.75, 3.05) is 0 Å². The Kier molecular flexibility index (Phi) is 5.00. The van der Waals surface area contributed by atoms with Crippen LogP contribution in [0.25, 0.3) is 0 Å². The number of rotatable bonds is 2. The molecule has 0 spiro atoms. The molecule has 164 valence electrons. The van der Waals surface area contributed by atoms with Gasteiger partial charge in [0.1, 0.15) is 0 Å². The standard InChI is InChI=1S/C26H43NO2/c1-15-5-8-22(27-15)16(2)24-23(29)14-21-19-7-6-17-13-18(28)9-11-25(17,3)20(19)10-12-26(21,24)4/h6,15-16,18-24,27-29H,5,7-14H2,1-4H3/t15-,16+,18+,19-,20+,21-,22-,23-,24-,25+,26+/m1/s1. The first kappa shape index (κ1) is 20.5. The predicted octanol–water partition coefficient (Wildman–Crippen LogP) is 4.67. The summed E-state index contributed by atoms with van der Waals surface area (Å²) in [6.45, 7) is 9.77. The molecule has 4 aliphatic carbocycles. The second-order valence-corrected chi connectivity index (χ2v) is 12.1. The Morgan fingerprint density at radius 1 is 1.07 bits per heavy atom. The van der Waals surface area contributed by atoms with Crippen molar-refractivity contribution in [3.63, 3.8) is 0 Å². The molecule has 1 aliphatic heterocycles. The molecule has 0 aromatic heterocycles. The number of nitrogens with one attached hydrogen (secondary N) is 1. The number of fused-ring (bicyclic) bond motifs is 5. The van der Waals surface area contributed by atoms with Crippen molar-refractivity contribution in [1.29, 1.82) is 0 Å². The van der Waals surface area contributed by atoms with E-state index in [1.54, 1.807) is 5.57 Å². The summed E-state index contributed by atoms with van der Waals surface area (Å²) in [6.07, 6.45) is 12.6. The first-order valence-corrected chi connectivity index (χ1v) is 12.6. The van der Waals surface area contributed by atoms with E-state index in [-0.39, 0.29) is 17.6 Å². The van der Waals surface area contributed by atoms with Gasteiger partial charge in [-0.15, -0.1) is 0 Å². The summed E-state index contributed by atoms with van der Waals surface area (Å²) < 4.78 is 0. The lowest BCUT2D eigenvalue weighted by Gasteiger charge is -2.58. The van der Waals surface area contributed by atoms with Gasteiger partial charge in [-0.2, -0.15) is 0 Å². The van der Waals surface area contributed by atoms with Crippen LogP contribution in [0.2, 0.25) is 0 Å². The fourth-order valence-electron chi connectivity index (χ4n) is 9.27. The van der Waals surface area contributed by atoms with Crippen LogP contribution < -0.4 is 5.32 Å². The van der Waals surface area contributed by atoms with Gasteiger partial charge in [0.05, 0.1) is 12.2 Å². The van der Waals surface area contributed by atoms with Gasteiger partial charge >= 0.3 is 0 Å². The van der Waals surface area contributed by atoms with E-state index in [1.165, 1.54) is 32.1 Å². The average Bonchev–Trinajstić information content (AvgIpc) is 3.22. The van der Waals surface area contributed by atoms with Crippen molar-refractivity contribution in [2.45, 2.75) is 110 Å². The molecule has 0 bridgehead atoms. The van der Waals surface area contributed by atoms with Gasteiger partial charge in [-0.05, 0) is 105 Å². The first-order valence-electron chi connectivity index (χ1n) is 12.6. The van der Waals surface area contributed by atoms with Gasteiger partial charge < -0.3 is 15.5 Å². The lowest BCUT2D eigenvalue weighted by molar-refractivity contribution is -0.0639. The van der Waals surface area contributed by atoms with Crippen LogP contribution in [0.1, 0.15) is 85.5 Å². The molecule has 1 heterocycles. The Balaban J connectivity index is 1.42. The molecule has 0 radical (unpaired) electrons. The van der Waals surface area contributed by atoms with Gasteiger partial charge in [-0.1, -0.05) is 32.4 Å². The highest BCUT2D eigenvalue weighted by Crippen LogP contribution is 2.67. The lowest BCUT2D eigenvalue weighted by atomic mass is 9.47. The van der Waals surface area contributed by atoms with E-state index < -0.39 is 0 Å². The molecule has 3 N–H and O–H groups in total. The van der Waals surface area contributed by atoms with Crippen molar-refractivity contribution in [3.05, 3.63) is 11.6 Å². The van der Waals surface area contributed by atoms with Crippen LogP contribution in [-0.4, -0.2) is 34.5 Å². The van der Waals surface area contributed by atoms with Gasteiger partial charge in [-0.3, -0.25) is 0 Å². The van der Waals surface area contributed by atoms with Crippen LogP contribution in [0, 0.1) is 40.4 Å². The topological polar surface area (TPSA) is 52.5 Å². The molecule has 0 aromatic rings. The van der Waals surface area contributed by atoms with Crippen molar-refractivity contribution in [1.82, 2.24) is 5.32 Å². The van der Waals surface area contributed by atoms with Gasteiger partial charge in [0.15, 0.2) is 0 Å². The molecular weight excluding hydrogens is 358 g/mol. The molecule has 29 heavy (non-hydrogen) atoms. The maximum Gasteiger partial charge on any atom is 0.0579 e. The van der Waals surface area contributed by atoms with E-state index in [0.29, 0.717) is 35.3 Å². The molecule has 3 heteroatoms. The Morgan fingerprint density at radius 2 is 1.86 bits per heavy atom. The van der Waals surface area contributed by atoms with Crippen LogP contribution in [-0.2, 0) is 0 Å². The molecule has 5 aliphatic rings. The molecule has 4 fully saturated rings. The van der Waals surface area contributed by atoms with Crippen molar-refractivity contribution in [3.8, 4) is 0 Å². The van der Waals surface area contributed by atoms with E-state index in [4.69, 9.17) is 0 Å². The third-order valence-electron chi connectivity index (χ3n) is 10.8. The normalized spacial score (nSPS) is 55.6. The molecular formula is C26H43NO2. The first-order chi connectivity index (χ1) is 13.7. The monoisotopic (exact) mass is 401 g/mol. The molecule has 0 aromatic carbocycles. The van der Waals surface area contributed by atoms with Crippen molar-refractivity contribution in [2.24, 2.45) is 40.4 Å². The number of aliphatic hydroxyl groups excluding tert-OH is 2. The van der Waals surface area contributed by atoms with Crippen molar-refractivity contribution < 1.29 is 10.2 Å². The Morgan fingerprint density at radius 3 is 2.59 bits per heavy atom. The fraction of sp³-hybridized carbons (Fsp3) is 0.923. The van der Waals surface area contributed by atoms with Crippen molar-refractivity contribution >= 4 is 0 Å². The number of aliphatic hydroxyl groups is 2. The maximum absolute atomic E-state index is 11.3. The highest BCUT2D eigenvalue weighted by Gasteiger charge is 2.62. The Hall–Kier alpha value is -0.380. The van der Waals surface area contributed by atoms with Crippen LogP contribution in [0.4, 0.5) is 0 Å². The summed E-state index contributed by atoms with van der Waals surface area (Å²) in [4.78, 5) is 0. The molecule has 11 atom stereocenters. The second-order valence-electron chi connectivity index (χ2n) is 12.1. The molecule has 0 amide bonds. The minimum atomic E-state index is -0.136. The predicted molar refractivity (Wildman–Crippen MR) is 117 cm³/mol. The number of allylic oxidation sites excluding steroid dienone is 1. The maximum atomic E-state index is 11.3. The smallest absolute Gasteiger partial charge is 0.0579 e. The molecule has 3 nitrogen and oxygen atoms in total. The van der Waals surface area contributed by atoms with E-state index in [2.05, 4.69) is 39.1 Å². The van der Waals surface area contributed by atoms with E-state index in [0.717, 1.165) is 37.5 Å². The van der Waals surface area contributed by atoms with Gasteiger partial charge in [0, 0.05) is 12.1 Å². The summed E-state index contributed by atoms with van der Waals surface area (Å²) >= 11 is 0. The lowest BCUT2D eigenvalue weighted by Crippen LogP contribution is -2.52. The summed E-state index contributed by atoms with van der Waals surface area (Å²) in [5.74, 6) is 3.11. The van der Waals surface area contributed by atoms with E-state index in [1.807, 2.05) is 0 Å². The van der Waals surface area contributed by atoms with Crippen LogP contribution in [0.15, 0.2) is 11.6 Å². The second kappa shape index (κ2) is 7.07. The summed E-state index contributed by atoms with van der Waals surface area (Å²) in [5.41, 5.74) is 2.12. The summed E-state index contributed by atoms with van der Waals surface area (Å²) in [6, 6.07) is 1.21. The zero-order valence-electron chi connectivity index (χ0n) is 19.0. The van der Waals surface area contributed by atoms with Gasteiger partial charge in [-0.25, -0.2) is 0 Å². The largest absolute Gasteiger partial charge is 0.393 e. The average molecular weight is 402 g/mol.